The summed E-state index contributed by atoms with van der Waals surface area (Å²) in [5.74, 6) is -0.0574. The van der Waals surface area contributed by atoms with Gasteiger partial charge in [-0.05, 0) is 46.0 Å². The van der Waals surface area contributed by atoms with Crippen LogP contribution < -0.4 is 0 Å². The Kier molecular flexibility index (Phi) is 6.04. The van der Waals surface area contributed by atoms with Crippen LogP contribution in [0, 0.1) is 5.92 Å². The highest BCUT2D eigenvalue weighted by Gasteiger charge is 2.53. The Bertz CT molecular complexity index is 447. The van der Waals surface area contributed by atoms with E-state index in [1.807, 2.05) is 13.8 Å². The van der Waals surface area contributed by atoms with Crippen LogP contribution in [0.25, 0.3) is 0 Å². The molecule has 0 aliphatic carbocycles. The lowest BCUT2D eigenvalue weighted by atomic mass is 9.87. The van der Waals surface area contributed by atoms with Gasteiger partial charge >= 0.3 is 0 Å². The normalized spacial score (nSPS) is 34.3. The monoisotopic (exact) mass is 324 g/mol. The molecule has 0 spiro atoms. The molecule has 2 saturated heterocycles. The maximum Gasteiger partial charge on any atom is 0.192 e. The number of methoxy groups -OCH3 is 1. The van der Waals surface area contributed by atoms with Gasteiger partial charge in [0, 0.05) is 25.9 Å². The molecule has 2 bridgehead atoms. The number of Topliss-reactive ketones (excluding diaryl/α,β-unsaturated/α-hetero) is 1. The van der Waals surface area contributed by atoms with Gasteiger partial charge in [0.25, 0.3) is 0 Å². The number of fused-ring (bicyclic) bond motifs is 2. The summed E-state index contributed by atoms with van der Waals surface area (Å²) in [6.07, 6.45) is 6.23. The summed E-state index contributed by atoms with van der Waals surface area (Å²) in [7, 11) is 1.69. The summed E-state index contributed by atoms with van der Waals surface area (Å²) in [6, 6.07) is 0. The van der Waals surface area contributed by atoms with E-state index in [9.17, 15) is 4.79 Å². The highest BCUT2D eigenvalue weighted by atomic mass is 16.7. The van der Waals surface area contributed by atoms with Crippen molar-refractivity contribution in [1.82, 2.24) is 0 Å². The molecule has 4 atom stereocenters. The predicted octanol–water partition coefficient (Wildman–Crippen LogP) is 4.03. The Balaban J connectivity index is 1.75. The fourth-order valence-corrected chi connectivity index (χ4v) is 3.58. The highest BCUT2D eigenvalue weighted by molar-refractivity contribution is 5.80. The fraction of sp³-hybridized carbons (Fsp3) is 0.842. The molecule has 4 nitrogen and oxygen atoms in total. The number of carbonyl (C=O) groups is 1. The van der Waals surface area contributed by atoms with Gasteiger partial charge in [-0.25, -0.2) is 0 Å². The molecule has 23 heavy (non-hydrogen) atoms. The highest BCUT2D eigenvalue weighted by Crippen LogP contribution is 2.45. The summed E-state index contributed by atoms with van der Waals surface area (Å²) < 4.78 is 17.7. The fourth-order valence-electron chi connectivity index (χ4n) is 3.58. The molecule has 4 heteroatoms. The van der Waals surface area contributed by atoms with Crippen molar-refractivity contribution in [3.63, 3.8) is 0 Å². The van der Waals surface area contributed by atoms with Crippen LogP contribution in [0.4, 0.5) is 0 Å². The van der Waals surface area contributed by atoms with E-state index in [0.29, 0.717) is 18.8 Å². The molecule has 2 aliphatic rings. The minimum Gasteiger partial charge on any atom is -0.367 e. The SMILES string of the molecule is C=C(C)CCC(=O)C(C)CCCC1(C)OCC2(OC)CC[C@@H]1O2. The lowest BCUT2D eigenvalue weighted by Gasteiger charge is -2.43. The van der Waals surface area contributed by atoms with Crippen LogP contribution in [0.2, 0.25) is 0 Å². The molecule has 0 aromatic rings. The van der Waals surface area contributed by atoms with Crippen LogP contribution in [0.5, 0.6) is 0 Å². The Morgan fingerprint density at radius 1 is 1.43 bits per heavy atom. The van der Waals surface area contributed by atoms with E-state index in [2.05, 4.69) is 13.5 Å². The number of ether oxygens (including phenoxy) is 3. The molecule has 0 saturated carbocycles. The summed E-state index contributed by atoms with van der Waals surface area (Å²) in [6.45, 7) is 10.5. The maximum atomic E-state index is 12.1. The average Bonchev–Trinajstić information content (AvgIpc) is 2.91. The van der Waals surface area contributed by atoms with Gasteiger partial charge in [-0.1, -0.05) is 12.5 Å². The van der Waals surface area contributed by atoms with Crippen molar-refractivity contribution >= 4 is 5.78 Å². The van der Waals surface area contributed by atoms with E-state index in [1.54, 1.807) is 7.11 Å². The standard InChI is InChI=1S/C19H32O4/c1-14(2)8-9-16(20)15(3)7-6-11-18(4)17-10-12-19(21-5,23-17)13-22-18/h15,17H,1,6-13H2,2-5H3/t15?,17-,18?,19?/m0/s1. The summed E-state index contributed by atoms with van der Waals surface area (Å²) in [5.41, 5.74) is 0.826. The first-order valence-electron chi connectivity index (χ1n) is 8.84. The quantitative estimate of drug-likeness (QED) is 0.601. The topological polar surface area (TPSA) is 44.8 Å². The van der Waals surface area contributed by atoms with Crippen LogP contribution in [-0.4, -0.2) is 37.0 Å². The third-order valence-corrected chi connectivity index (χ3v) is 5.48. The molecule has 132 valence electrons. The van der Waals surface area contributed by atoms with Gasteiger partial charge in [0.2, 0.25) is 0 Å². The molecule has 0 aromatic carbocycles. The van der Waals surface area contributed by atoms with Crippen molar-refractivity contribution in [2.75, 3.05) is 13.7 Å². The number of hydrogen-bond donors (Lipinski definition) is 0. The van der Waals surface area contributed by atoms with Crippen LogP contribution in [-0.2, 0) is 19.0 Å². The van der Waals surface area contributed by atoms with E-state index < -0.39 is 5.79 Å². The third kappa shape index (κ3) is 4.43. The minimum atomic E-state index is -0.518. The van der Waals surface area contributed by atoms with E-state index in [0.717, 1.165) is 44.1 Å². The lowest BCUT2D eigenvalue weighted by molar-refractivity contribution is -0.320. The number of carbonyl (C=O) groups excluding carboxylic acids is 1. The molecule has 0 aromatic heterocycles. The smallest absolute Gasteiger partial charge is 0.192 e. The van der Waals surface area contributed by atoms with Crippen molar-refractivity contribution in [3.8, 4) is 0 Å². The first-order valence-corrected chi connectivity index (χ1v) is 8.84. The Morgan fingerprint density at radius 3 is 2.83 bits per heavy atom. The molecule has 2 heterocycles. The van der Waals surface area contributed by atoms with E-state index in [-0.39, 0.29) is 17.6 Å². The Morgan fingerprint density at radius 2 is 2.17 bits per heavy atom. The molecule has 0 amide bonds. The third-order valence-electron chi connectivity index (χ3n) is 5.48. The molecule has 2 aliphatic heterocycles. The van der Waals surface area contributed by atoms with E-state index in [4.69, 9.17) is 14.2 Å². The van der Waals surface area contributed by atoms with Gasteiger partial charge in [-0.15, -0.1) is 6.58 Å². The second-order valence-electron chi connectivity index (χ2n) is 7.58. The van der Waals surface area contributed by atoms with Crippen molar-refractivity contribution in [2.24, 2.45) is 5.92 Å². The molecule has 3 unspecified atom stereocenters. The van der Waals surface area contributed by atoms with Crippen LogP contribution >= 0.6 is 0 Å². The molecule has 2 fully saturated rings. The van der Waals surface area contributed by atoms with Gasteiger partial charge in [0.1, 0.15) is 12.4 Å². The maximum absolute atomic E-state index is 12.1. The zero-order valence-corrected chi connectivity index (χ0v) is 15.2. The van der Waals surface area contributed by atoms with Crippen LogP contribution in [0.1, 0.15) is 65.7 Å². The van der Waals surface area contributed by atoms with Crippen molar-refractivity contribution in [2.45, 2.75) is 83.2 Å². The van der Waals surface area contributed by atoms with Gasteiger partial charge in [-0.3, -0.25) is 4.79 Å². The van der Waals surface area contributed by atoms with E-state index in [1.165, 1.54) is 0 Å². The molecule has 0 N–H and O–H groups in total. The number of hydrogen-bond acceptors (Lipinski definition) is 4. The first-order chi connectivity index (χ1) is 10.8. The predicted molar refractivity (Wildman–Crippen MR) is 90.3 cm³/mol. The molecular weight excluding hydrogens is 292 g/mol. The summed E-state index contributed by atoms with van der Waals surface area (Å²) in [4.78, 5) is 12.1. The molecule has 2 rings (SSSR count). The average molecular weight is 324 g/mol. The van der Waals surface area contributed by atoms with Gasteiger partial charge < -0.3 is 14.2 Å². The lowest BCUT2D eigenvalue weighted by Crippen LogP contribution is -2.53. The van der Waals surface area contributed by atoms with Crippen molar-refractivity contribution < 1.29 is 19.0 Å². The largest absolute Gasteiger partial charge is 0.367 e. The summed E-state index contributed by atoms with van der Waals surface area (Å²) >= 11 is 0. The number of rotatable bonds is 9. The number of ketones is 1. The minimum absolute atomic E-state index is 0.102. The van der Waals surface area contributed by atoms with Gasteiger partial charge in [0.05, 0.1) is 11.7 Å². The van der Waals surface area contributed by atoms with Gasteiger partial charge in [0.15, 0.2) is 5.79 Å². The second kappa shape index (κ2) is 7.45. The number of allylic oxidation sites excluding steroid dienone is 1. The first kappa shape index (κ1) is 18.6. The van der Waals surface area contributed by atoms with Crippen LogP contribution in [0.15, 0.2) is 12.2 Å². The van der Waals surface area contributed by atoms with Crippen molar-refractivity contribution in [3.05, 3.63) is 12.2 Å². The molecular formula is C19H32O4. The second-order valence-corrected chi connectivity index (χ2v) is 7.58. The summed E-state index contributed by atoms with van der Waals surface area (Å²) in [5, 5.41) is 0. The van der Waals surface area contributed by atoms with Crippen molar-refractivity contribution in [1.29, 1.82) is 0 Å². The Labute approximate surface area is 140 Å². The Hall–Kier alpha value is -0.710. The zero-order valence-electron chi connectivity index (χ0n) is 15.2. The van der Waals surface area contributed by atoms with E-state index >= 15 is 0 Å². The zero-order chi connectivity index (χ0) is 17.1. The van der Waals surface area contributed by atoms with Gasteiger partial charge in [-0.2, -0.15) is 0 Å². The van der Waals surface area contributed by atoms with Crippen LogP contribution in [0.3, 0.4) is 0 Å². The molecule has 0 radical (unpaired) electrons.